The minimum Gasteiger partial charge on any atom is -0.391 e. The third kappa shape index (κ3) is 0.993. The van der Waals surface area contributed by atoms with Crippen molar-refractivity contribution in [3.05, 3.63) is 48.0 Å². The van der Waals surface area contributed by atoms with E-state index in [1.165, 1.54) is 12.0 Å². The van der Waals surface area contributed by atoms with Crippen molar-refractivity contribution in [1.29, 1.82) is 0 Å². The normalized spacial score (nSPS) is 38.4. The van der Waals surface area contributed by atoms with Crippen LogP contribution >= 0.6 is 0 Å². The molecular formula is C14H13NO. The van der Waals surface area contributed by atoms with Crippen LogP contribution in [0.25, 0.3) is 0 Å². The fourth-order valence-electron chi connectivity index (χ4n) is 3.31. The highest BCUT2D eigenvalue weighted by Crippen LogP contribution is 2.49. The monoisotopic (exact) mass is 211 g/mol. The third-order valence-corrected chi connectivity index (χ3v) is 4.05. The van der Waals surface area contributed by atoms with Gasteiger partial charge >= 0.3 is 0 Å². The number of rotatable bonds is 1. The van der Waals surface area contributed by atoms with Crippen LogP contribution in [0.2, 0.25) is 0 Å². The maximum atomic E-state index is 5.61. The van der Waals surface area contributed by atoms with E-state index in [4.69, 9.17) is 4.84 Å². The zero-order valence-electron chi connectivity index (χ0n) is 8.91. The molecule has 2 nitrogen and oxygen atoms in total. The molecule has 4 atom stereocenters. The van der Waals surface area contributed by atoms with Gasteiger partial charge in [-0.15, -0.1) is 0 Å². The molecule has 1 heterocycles. The van der Waals surface area contributed by atoms with Gasteiger partial charge in [0.25, 0.3) is 0 Å². The quantitative estimate of drug-likeness (QED) is 0.654. The third-order valence-electron chi connectivity index (χ3n) is 4.05. The lowest BCUT2D eigenvalue weighted by atomic mass is 9.84. The Morgan fingerprint density at radius 2 is 1.88 bits per heavy atom. The lowest BCUT2D eigenvalue weighted by Gasteiger charge is -2.19. The van der Waals surface area contributed by atoms with Crippen molar-refractivity contribution in [3.63, 3.8) is 0 Å². The van der Waals surface area contributed by atoms with E-state index in [2.05, 4.69) is 41.6 Å². The number of nitrogens with zero attached hydrogens (tertiary/aromatic N) is 1. The van der Waals surface area contributed by atoms with E-state index < -0.39 is 0 Å². The Bertz CT molecular complexity index is 477. The number of oxime groups is 1. The van der Waals surface area contributed by atoms with Crippen molar-refractivity contribution in [2.24, 2.45) is 22.9 Å². The second-order valence-electron chi connectivity index (χ2n) is 4.89. The molecule has 2 heteroatoms. The van der Waals surface area contributed by atoms with E-state index in [0.29, 0.717) is 23.9 Å². The van der Waals surface area contributed by atoms with Crippen LogP contribution in [0.15, 0.2) is 47.6 Å². The van der Waals surface area contributed by atoms with Crippen molar-refractivity contribution >= 4 is 5.71 Å². The number of allylic oxidation sites excluding steroid dienone is 1. The fraction of sp³-hybridized carbons (Fsp3) is 0.357. The lowest BCUT2D eigenvalue weighted by Crippen LogP contribution is -2.27. The fourth-order valence-corrected chi connectivity index (χ4v) is 3.31. The van der Waals surface area contributed by atoms with Crippen LogP contribution in [0.3, 0.4) is 0 Å². The van der Waals surface area contributed by atoms with Gasteiger partial charge in [-0.3, -0.25) is 0 Å². The van der Waals surface area contributed by atoms with Gasteiger partial charge in [-0.25, -0.2) is 0 Å². The summed E-state index contributed by atoms with van der Waals surface area (Å²) >= 11 is 0. The zero-order valence-corrected chi connectivity index (χ0v) is 8.91. The molecule has 0 N–H and O–H groups in total. The molecule has 0 saturated heterocycles. The van der Waals surface area contributed by atoms with E-state index in [9.17, 15) is 0 Å². The highest BCUT2D eigenvalue weighted by Gasteiger charge is 2.51. The summed E-state index contributed by atoms with van der Waals surface area (Å²) in [6, 6.07) is 10.4. The molecule has 0 amide bonds. The topological polar surface area (TPSA) is 21.6 Å². The van der Waals surface area contributed by atoms with E-state index in [0.717, 1.165) is 5.71 Å². The minimum atomic E-state index is 0.310. The molecule has 0 unspecified atom stereocenters. The van der Waals surface area contributed by atoms with Gasteiger partial charge in [-0.1, -0.05) is 47.6 Å². The van der Waals surface area contributed by atoms with Crippen LogP contribution in [-0.2, 0) is 4.84 Å². The Labute approximate surface area is 94.6 Å². The molecule has 80 valence electrons. The SMILES string of the molecule is C1=C[C@H]2C[C@@H]1[C@@H]1C(c3ccccc3)=NO[C@@H]12. The summed E-state index contributed by atoms with van der Waals surface area (Å²) in [7, 11) is 0. The molecule has 0 radical (unpaired) electrons. The van der Waals surface area contributed by atoms with E-state index in [1.54, 1.807) is 0 Å². The summed E-state index contributed by atoms with van der Waals surface area (Å²) in [5.74, 6) is 1.74. The van der Waals surface area contributed by atoms with Gasteiger partial charge in [0, 0.05) is 5.92 Å². The van der Waals surface area contributed by atoms with Crippen molar-refractivity contribution in [1.82, 2.24) is 0 Å². The summed E-state index contributed by atoms with van der Waals surface area (Å²) in [4.78, 5) is 5.61. The van der Waals surface area contributed by atoms with Crippen LogP contribution in [0, 0.1) is 17.8 Å². The number of benzene rings is 1. The number of hydrogen-bond acceptors (Lipinski definition) is 2. The van der Waals surface area contributed by atoms with Gasteiger partial charge in [0.2, 0.25) is 0 Å². The molecule has 1 saturated carbocycles. The highest BCUT2D eigenvalue weighted by molar-refractivity contribution is 6.03. The molecule has 2 aliphatic carbocycles. The molecule has 3 aliphatic rings. The second kappa shape index (κ2) is 2.97. The van der Waals surface area contributed by atoms with E-state index >= 15 is 0 Å². The smallest absolute Gasteiger partial charge is 0.142 e. The molecule has 2 bridgehead atoms. The molecule has 0 aromatic heterocycles. The molecule has 4 rings (SSSR count). The Hall–Kier alpha value is -1.57. The average Bonchev–Trinajstić information content (AvgIpc) is 3.03. The van der Waals surface area contributed by atoms with Crippen LogP contribution < -0.4 is 0 Å². The molecule has 1 aliphatic heterocycles. The average molecular weight is 211 g/mol. The van der Waals surface area contributed by atoms with Crippen molar-refractivity contribution < 1.29 is 4.84 Å². The molecule has 0 spiro atoms. The Balaban J connectivity index is 1.75. The number of fused-ring (bicyclic) bond motifs is 5. The van der Waals surface area contributed by atoms with Gasteiger partial charge in [0.1, 0.15) is 6.10 Å². The molecular weight excluding hydrogens is 198 g/mol. The van der Waals surface area contributed by atoms with Crippen molar-refractivity contribution in [2.45, 2.75) is 12.5 Å². The first-order valence-electron chi connectivity index (χ1n) is 5.91. The van der Waals surface area contributed by atoms with E-state index in [1.807, 2.05) is 6.07 Å². The summed E-state index contributed by atoms with van der Waals surface area (Å²) in [5.41, 5.74) is 2.37. The lowest BCUT2D eigenvalue weighted by molar-refractivity contribution is 0.0504. The van der Waals surface area contributed by atoms with Gasteiger partial charge in [-0.2, -0.15) is 0 Å². The van der Waals surface area contributed by atoms with Gasteiger partial charge in [0.15, 0.2) is 0 Å². The Morgan fingerprint density at radius 3 is 2.75 bits per heavy atom. The summed E-state index contributed by atoms with van der Waals surface area (Å²) < 4.78 is 0. The number of hydrogen-bond donors (Lipinski definition) is 0. The van der Waals surface area contributed by atoms with E-state index in [-0.39, 0.29) is 0 Å². The predicted octanol–water partition coefficient (Wildman–Crippen LogP) is 2.61. The van der Waals surface area contributed by atoms with Crippen LogP contribution in [0.4, 0.5) is 0 Å². The molecule has 1 aromatic carbocycles. The molecule has 1 fully saturated rings. The standard InChI is InChI=1S/C14H13NO/c1-2-4-9(5-3-1)13-12-10-6-7-11(8-10)14(12)16-15-13/h1-7,10-12,14H,8H2/t10-,11+,12-,14-/m1/s1. The Kier molecular flexibility index (Phi) is 1.59. The van der Waals surface area contributed by atoms with Crippen molar-refractivity contribution in [3.8, 4) is 0 Å². The minimum absolute atomic E-state index is 0.310. The maximum Gasteiger partial charge on any atom is 0.142 e. The Morgan fingerprint density at radius 1 is 1.06 bits per heavy atom. The predicted molar refractivity (Wildman–Crippen MR) is 62.1 cm³/mol. The molecule has 16 heavy (non-hydrogen) atoms. The largest absolute Gasteiger partial charge is 0.391 e. The molecule has 1 aromatic rings. The zero-order chi connectivity index (χ0) is 10.5. The second-order valence-corrected chi connectivity index (χ2v) is 4.89. The first-order valence-corrected chi connectivity index (χ1v) is 5.91. The van der Waals surface area contributed by atoms with Gasteiger partial charge < -0.3 is 4.84 Å². The van der Waals surface area contributed by atoms with Crippen molar-refractivity contribution in [2.75, 3.05) is 0 Å². The van der Waals surface area contributed by atoms with Crippen LogP contribution in [0.5, 0.6) is 0 Å². The summed E-state index contributed by atoms with van der Waals surface area (Å²) in [6.07, 6.45) is 6.21. The first kappa shape index (κ1) is 8.57. The summed E-state index contributed by atoms with van der Waals surface area (Å²) in [6.45, 7) is 0. The van der Waals surface area contributed by atoms with Crippen LogP contribution in [0.1, 0.15) is 12.0 Å². The summed E-state index contributed by atoms with van der Waals surface area (Å²) in [5, 5.41) is 4.31. The highest BCUT2D eigenvalue weighted by atomic mass is 16.6. The van der Waals surface area contributed by atoms with Gasteiger partial charge in [0.05, 0.1) is 11.6 Å². The first-order chi connectivity index (χ1) is 7.93. The van der Waals surface area contributed by atoms with Gasteiger partial charge in [-0.05, 0) is 17.9 Å². The maximum absolute atomic E-state index is 5.61. The van der Waals surface area contributed by atoms with Crippen LogP contribution in [-0.4, -0.2) is 11.8 Å².